The number of hydrogen-bond donors (Lipinski definition) is 2. The maximum atomic E-state index is 11.4. The van der Waals surface area contributed by atoms with Crippen molar-refractivity contribution in [2.45, 2.75) is 53.5 Å². The summed E-state index contributed by atoms with van der Waals surface area (Å²) < 4.78 is 5.33. The van der Waals surface area contributed by atoms with Crippen molar-refractivity contribution in [2.75, 3.05) is 32.1 Å². The highest BCUT2D eigenvalue weighted by molar-refractivity contribution is 14.0. The molecule has 0 saturated carbocycles. The highest BCUT2D eigenvalue weighted by Gasteiger charge is 2.29. The monoisotopic (exact) mass is 516 g/mol. The van der Waals surface area contributed by atoms with Crippen LogP contribution in [0.1, 0.15) is 52.5 Å². The average Bonchev–Trinajstić information content (AvgIpc) is 3.15. The van der Waals surface area contributed by atoms with Crippen LogP contribution in [-0.4, -0.2) is 43.5 Å². The van der Waals surface area contributed by atoms with Crippen LogP contribution >= 0.6 is 24.0 Å². The molecule has 29 heavy (non-hydrogen) atoms. The Kier molecular flexibility index (Phi) is 11.4. The van der Waals surface area contributed by atoms with Gasteiger partial charge in [-0.2, -0.15) is 0 Å². The maximum absolute atomic E-state index is 11.4. The lowest BCUT2D eigenvalue weighted by Crippen LogP contribution is -2.40. The first-order valence-electron chi connectivity index (χ1n) is 10.5. The molecule has 1 aromatic carbocycles. The first-order chi connectivity index (χ1) is 13.5. The molecular formula is C22H37IN4O2. The van der Waals surface area contributed by atoms with Crippen LogP contribution in [0.5, 0.6) is 5.75 Å². The smallest absolute Gasteiger partial charge is 0.221 e. The van der Waals surface area contributed by atoms with Gasteiger partial charge < -0.3 is 20.3 Å². The number of hydrogen-bond acceptors (Lipinski definition) is 3. The molecule has 1 unspecified atom stereocenters. The second-order valence-electron chi connectivity index (χ2n) is 7.46. The van der Waals surface area contributed by atoms with E-state index in [-0.39, 0.29) is 29.9 Å². The zero-order chi connectivity index (χ0) is 20.5. The number of likely N-dealkylation sites (tertiary alicyclic amines) is 1. The Morgan fingerprint density at radius 3 is 2.62 bits per heavy atom. The number of amides is 1. The van der Waals surface area contributed by atoms with Crippen LogP contribution in [0.15, 0.2) is 23.2 Å². The first-order valence-corrected chi connectivity index (χ1v) is 10.5. The minimum atomic E-state index is -0.114. The van der Waals surface area contributed by atoms with E-state index in [0.717, 1.165) is 43.0 Å². The molecule has 1 heterocycles. The van der Waals surface area contributed by atoms with Gasteiger partial charge in [-0.15, -0.1) is 24.0 Å². The van der Waals surface area contributed by atoms with Gasteiger partial charge in [-0.1, -0.05) is 32.8 Å². The molecule has 0 aliphatic carbocycles. The second kappa shape index (κ2) is 12.9. The van der Waals surface area contributed by atoms with E-state index in [9.17, 15) is 4.79 Å². The summed E-state index contributed by atoms with van der Waals surface area (Å²) in [5.41, 5.74) is 1.72. The van der Waals surface area contributed by atoms with E-state index in [4.69, 9.17) is 9.73 Å². The molecule has 0 aromatic heterocycles. The Labute approximate surface area is 192 Å². The molecular weight excluding hydrogens is 479 g/mol. The van der Waals surface area contributed by atoms with Gasteiger partial charge in [-0.3, -0.25) is 4.79 Å². The lowest BCUT2D eigenvalue weighted by Gasteiger charge is -2.24. The summed E-state index contributed by atoms with van der Waals surface area (Å²) in [5.74, 6) is 3.08. The summed E-state index contributed by atoms with van der Waals surface area (Å²) in [6.45, 7) is 11.8. The van der Waals surface area contributed by atoms with Crippen LogP contribution in [0.4, 0.5) is 5.69 Å². The van der Waals surface area contributed by atoms with Crippen LogP contribution in [0.2, 0.25) is 0 Å². The molecule has 1 aliphatic heterocycles. The Morgan fingerprint density at radius 1 is 1.31 bits per heavy atom. The highest BCUT2D eigenvalue weighted by atomic mass is 127. The van der Waals surface area contributed by atoms with Crippen molar-refractivity contribution in [3.8, 4) is 5.75 Å². The van der Waals surface area contributed by atoms with Crippen molar-refractivity contribution in [1.29, 1.82) is 0 Å². The third kappa shape index (κ3) is 7.35. The molecule has 1 aromatic rings. The van der Waals surface area contributed by atoms with Gasteiger partial charge >= 0.3 is 0 Å². The highest BCUT2D eigenvalue weighted by Crippen LogP contribution is 2.29. The number of anilines is 1. The number of nitrogens with zero attached hydrogens (tertiary/aromatic N) is 2. The van der Waals surface area contributed by atoms with Gasteiger partial charge in [-0.25, -0.2) is 4.99 Å². The van der Waals surface area contributed by atoms with Crippen LogP contribution in [-0.2, 0) is 11.3 Å². The molecule has 1 fully saturated rings. The lowest BCUT2D eigenvalue weighted by molar-refractivity contribution is -0.114. The first kappa shape index (κ1) is 25.5. The van der Waals surface area contributed by atoms with E-state index in [2.05, 4.69) is 36.3 Å². The molecule has 1 atom stereocenters. The largest absolute Gasteiger partial charge is 0.495 e. The summed E-state index contributed by atoms with van der Waals surface area (Å²) in [4.78, 5) is 18.7. The Bertz CT molecular complexity index is 677. The number of aliphatic imine (C=N–C) groups is 1. The number of nitrogens with one attached hydrogen (secondary N) is 2. The van der Waals surface area contributed by atoms with E-state index in [1.54, 1.807) is 7.11 Å². The third-order valence-corrected chi connectivity index (χ3v) is 5.56. The summed E-state index contributed by atoms with van der Waals surface area (Å²) in [7, 11) is 1.60. The van der Waals surface area contributed by atoms with Gasteiger partial charge in [0, 0.05) is 26.6 Å². The van der Waals surface area contributed by atoms with Gasteiger partial charge in [0.05, 0.1) is 19.3 Å². The predicted molar refractivity (Wildman–Crippen MR) is 131 cm³/mol. The van der Waals surface area contributed by atoms with Gasteiger partial charge in [0.15, 0.2) is 5.96 Å². The number of benzene rings is 1. The maximum Gasteiger partial charge on any atom is 0.221 e. The van der Waals surface area contributed by atoms with Gasteiger partial charge in [0.1, 0.15) is 5.75 Å². The predicted octanol–water partition coefficient (Wildman–Crippen LogP) is 4.50. The van der Waals surface area contributed by atoms with Crippen LogP contribution in [0, 0.1) is 11.8 Å². The zero-order valence-electron chi connectivity index (χ0n) is 18.5. The van der Waals surface area contributed by atoms with E-state index in [0.29, 0.717) is 18.0 Å². The van der Waals surface area contributed by atoms with Gasteiger partial charge in [0.2, 0.25) is 5.91 Å². The number of ether oxygens (including phenoxy) is 1. The molecule has 164 valence electrons. The van der Waals surface area contributed by atoms with E-state index in [1.807, 2.05) is 18.2 Å². The standard InChI is InChI=1S/C22H36N4O2.HI/c1-6-18(7-2)19-11-12-26(15-19)22(23-8-3)24-14-17-9-10-21(28-5)20(13-17)25-16(4)27;/h9-10,13,18-19H,6-8,11-12,14-15H2,1-5H3,(H,23,24)(H,25,27);1H. The van der Waals surface area contributed by atoms with Crippen molar-refractivity contribution in [2.24, 2.45) is 16.8 Å². The fraction of sp³-hybridized carbons (Fsp3) is 0.636. The van der Waals surface area contributed by atoms with Crippen molar-refractivity contribution in [3.05, 3.63) is 23.8 Å². The number of halogens is 1. The number of carbonyl (C=O) groups excluding carboxylic acids is 1. The second-order valence-corrected chi connectivity index (χ2v) is 7.46. The molecule has 0 bridgehead atoms. The molecule has 1 amide bonds. The van der Waals surface area contributed by atoms with Crippen molar-refractivity contribution >= 4 is 41.5 Å². The number of methoxy groups -OCH3 is 1. The Morgan fingerprint density at radius 2 is 2.03 bits per heavy atom. The normalized spacial score (nSPS) is 16.6. The topological polar surface area (TPSA) is 66.0 Å². The minimum absolute atomic E-state index is 0. The van der Waals surface area contributed by atoms with Crippen molar-refractivity contribution in [1.82, 2.24) is 10.2 Å². The summed E-state index contributed by atoms with van der Waals surface area (Å²) in [6.07, 6.45) is 3.74. The number of guanidine groups is 1. The number of rotatable bonds is 8. The molecule has 0 radical (unpaired) electrons. The fourth-order valence-electron chi connectivity index (χ4n) is 4.05. The van der Waals surface area contributed by atoms with E-state index in [1.165, 1.54) is 26.2 Å². The van der Waals surface area contributed by atoms with Crippen LogP contribution in [0.25, 0.3) is 0 Å². The summed E-state index contributed by atoms with van der Waals surface area (Å²) in [6, 6.07) is 5.81. The van der Waals surface area contributed by atoms with Crippen molar-refractivity contribution < 1.29 is 9.53 Å². The molecule has 1 aliphatic rings. The van der Waals surface area contributed by atoms with Crippen LogP contribution in [0.3, 0.4) is 0 Å². The molecule has 0 spiro atoms. The molecule has 7 heteroatoms. The molecule has 2 N–H and O–H groups in total. The van der Waals surface area contributed by atoms with Gasteiger partial charge in [-0.05, 0) is 42.9 Å². The third-order valence-electron chi connectivity index (χ3n) is 5.56. The van der Waals surface area contributed by atoms with Crippen molar-refractivity contribution in [3.63, 3.8) is 0 Å². The Balaban J connectivity index is 0.00000420. The van der Waals surface area contributed by atoms with Crippen LogP contribution < -0.4 is 15.4 Å². The fourth-order valence-corrected chi connectivity index (χ4v) is 4.05. The van der Waals surface area contributed by atoms with Gasteiger partial charge in [0.25, 0.3) is 0 Å². The number of carbonyl (C=O) groups is 1. The summed E-state index contributed by atoms with van der Waals surface area (Å²) in [5, 5.41) is 6.27. The Hall–Kier alpha value is -1.51. The molecule has 1 saturated heterocycles. The molecule has 2 rings (SSSR count). The zero-order valence-corrected chi connectivity index (χ0v) is 20.8. The lowest BCUT2D eigenvalue weighted by atomic mass is 9.87. The van der Waals surface area contributed by atoms with E-state index < -0.39 is 0 Å². The summed E-state index contributed by atoms with van der Waals surface area (Å²) >= 11 is 0. The minimum Gasteiger partial charge on any atom is -0.495 e. The average molecular weight is 516 g/mol. The quantitative estimate of drug-likeness (QED) is 0.304. The molecule has 6 nitrogen and oxygen atoms in total. The van der Waals surface area contributed by atoms with E-state index >= 15 is 0 Å². The SMILES string of the molecule is CCNC(=NCc1ccc(OC)c(NC(C)=O)c1)N1CCC(C(CC)CC)C1.I.